The van der Waals surface area contributed by atoms with Crippen molar-refractivity contribution in [2.24, 2.45) is 0 Å². The molecule has 1 aliphatic rings. The average molecular weight is 332 g/mol. The first-order chi connectivity index (χ1) is 11.3. The number of anilines is 1. The van der Waals surface area contributed by atoms with Gasteiger partial charge >= 0.3 is 0 Å². The van der Waals surface area contributed by atoms with Gasteiger partial charge in [-0.15, -0.1) is 0 Å². The number of nitrogens with zero attached hydrogens (tertiary/aromatic N) is 2. The van der Waals surface area contributed by atoms with E-state index in [4.69, 9.17) is 9.47 Å². The molecule has 2 heterocycles. The van der Waals surface area contributed by atoms with Crippen molar-refractivity contribution in [1.29, 1.82) is 0 Å². The highest BCUT2D eigenvalue weighted by Crippen LogP contribution is 2.32. The Labute approximate surface area is 142 Å². The van der Waals surface area contributed by atoms with E-state index in [-0.39, 0.29) is 6.79 Å². The van der Waals surface area contributed by atoms with Crippen LogP contribution in [0.4, 0.5) is 5.69 Å². The Morgan fingerprint density at radius 1 is 1.17 bits per heavy atom. The summed E-state index contributed by atoms with van der Waals surface area (Å²) in [7, 11) is 1.63. The zero-order valence-electron chi connectivity index (χ0n) is 13.8. The smallest absolute Gasteiger partial charge is 0.188 e. The maximum atomic E-state index is 5.49. The Balaban J connectivity index is 1.80. The topological polar surface area (TPSA) is 24.9 Å². The van der Waals surface area contributed by atoms with Gasteiger partial charge in [0.15, 0.2) is 6.79 Å². The summed E-state index contributed by atoms with van der Waals surface area (Å²) < 4.78 is 10.4. The van der Waals surface area contributed by atoms with E-state index >= 15 is 0 Å². The van der Waals surface area contributed by atoms with Crippen molar-refractivity contribution in [3.05, 3.63) is 46.7 Å². The van der Waals surface area contributed by atoms with Crippen LogP contribution in [-0.2, 0) is 4.74 Å². The number of hydrogen-bond donors (Lipinski definition) is 0. The van der Waals surface area contributed by atoms with Gasteiger partial charge in [0.2, 0.25) is 0 Å². The van der Waals surface area contributed by atoms with Crippen molar-refractivity contribution in [2.75, 3.05) is 45.0 Å². The molecule has 1 aromatic heterocycles. The third-order valence-corrected chi connectivity index (χ3v) is 5.03. The predicted molar refractivity (Wildman–Crippen MR) is 95.5 cm³/mol. The second-order valence-electron chi connectivity index (χ2n) is 5.70. The van der Waals surface area contributed by atoms with Crippen LogP contribution in [0.1, 0.15) is 18.5 Å². The van der Waals surface area contributed by atoms with Gasteiger partial charge in [-0.1, -0.05) is 19.1 Å². The summed E-state index contributed by atoms with van der Waals surface area (Å²) in [6.07, 6.45) is 0. The quantitative estimate of drug-likeness (QED) is 0.755. The summed E-state index contributed by atoms with van der Waals surface area (Å²) in [6, 6.07) is 11.0. The van der Waals surface area contributed by atoms with E-state index in [0.717, 1.165) is 31.9 Å². The van der Waals surface area contributed by atoms with E-state index in [0.29, 0.717) is 6.04 Å². The first-order valence-corrected chi connectivity index (χ1v) is 8.99. The molecule has 1 saturated heterocycles. The Morgan fingerprint density at radius 3 is 2.65 bits per heavy atom. The van der Waals surface area contributed by atoms with E-state index in [1.54, 1.807) is 18.4 Å². The highest BCUT2D eigenvalue weighted by molar-refractivity contribution is 7.08. The van der Waals surface area contributed by atoms with E-state index in [1.807, 2.05) is 12.1 Å². The van der Waals surface area contributed by atoms with Gasteiger partial charge in [0.25, 0.3) is 0 Å². The molecule has 0 spiro atoms. The monoisotopic (exact) mass is 332 g/mol. The van der Waals surface area contributed by atoms with Gasteiger partial charge < -0.3 is 14.4 Å². The number of thiophene rings is 1. The van der Waals surface area contributed by atoms with Crippen LogP contribution < -0.4 is 9.64 Å². The van der Waals surface area contributed by atoms with Crippen molar-refractivity contribution in [3.63, 3.8) is 0 Å². The number of piperazine rings is 1. The highest BCUT2D eigenvalue weighted by atomic mass is 32.1. The molecule has 0 saturated carbocycles. The van der Waals surface area contributed by atoms with Crippen molar-refractivity contribution < 1.29 is 9.47 Å². The molecule has 5 heteroatoms. The lowest BCUT2D eigenvalue weighted by molar-refractivity contribution is 0.0511. The fourth-order valence-electron chi connectivity index (χ4n) is 3.05. The lowest BCUT2D eigenvalue weighted by Gasteiger charge is -2.42. The summed E-state index contributed by atoms with van der Waals surface area (Å²) in [6.45, 7) is 6.87. The van der Waals surface area contributed by atoms with Crippen LogP contribution in [0.3, 0.4) is 0 Å². The van der Waals surface area contributed by atoms with Crippen LogP contribution in [0, 0.1) is 0 Å². The van der Waals surface area contributed by atoms with E-state index in [2.05, 4.69) is 45.7 Å². The zero-order valence-corrected chi connectivity index (χ0v) is 14.6. The minimum absolute atomic E-state index is 0.285. The maximum absolute atomic E-state index is 5.49. The van der Waals surface area contributed by atoms with Gasteiger partial charge in [0.1, 0.15) is 5.75 Å². The van der Waals surface area contributed by atoms with Gasteiger partial charge in [-0.25, -0.2) is 0 Å². The van der Waals surface area contributed by atoms with Gasteiger partial charge in [-0.05, 0) is 35.7 Å². The molecule has 1 unspecified atom stereocenters. The van der Waals surface area contributed by atoms with Gasteiger partial charge in [0, 0.05) is 37.8 Å². The molecule has 23 heavy (non-hydrogen) atoms. The van der Waals surface area contributed by atoms with Crippen LogP contribution in [-0.4, -0.2) is 45.0 Å². The molecule has 4 nitrogen and oxygen atoms in total. The Bertz CT molecular complexity index is 586. The third kappa shape index (κ3) is 3.86. The van der Waals surface area contributed by atoms with E-state index in [1.165, 1.54) is 11.3 Å². The molecule has 124 valence electrons. The summed E-state index contributed by atoms with van der Waals surface area (Å²) >= 11 is 1.76. The van der Waals surface area contributed by atoms with Gasteiger partial charge in [0.05, 0.1) is 6.04 Å². The Morgan fingerprint density at radius 2 is 2.00 bits per heavy atom. The molecular weight excluding hydrogens is 308 g/mol. The highest BCUT2D eigenvalue weighted by Gasteiger charge is 2.28. The van der Waals surface area contributed by atoms with Crippen LogP contribution in [0.2, 0.25) is 0 Å². The number of likely N-dealkylation sites (N-methyl/N-ethyl adjacent to an activating group) is 1. The first kappa shape index (κ1) is 16.3. The fraction of sp³-hybridized carbons (Fsp3) is 0.444. The molecule has 1 aliphatic heterocycles. The molecule has 1 aromatic carbocycles. The molecule has 0 radical (unpaired) electrons. The van der Waals surface area contributed by atoms with E-state index < -0.39 is 0 Å². The minimum atomic E-state index is 0.285. The lowest BCUT2D eigenvalue weighted by atomic mass is 10.0. The number of hydrogen-bond acceptors (Lipinski definition) is 5. The maximum Gasteiger partial charge on any atom is 0.188 e. The second-order valence-corrected chi connectivity index (χ2v) is 6.48. The van der Waals surface area contributed by atoms with Crippen LogP contribution in [0.15, 0.2) is 41.1 Å². The summed E-state index contributed by atoms with van der Waals surface area (Å²) in [5, 5.41) is 4.39. The molecule has 3 rings (SSSR count). The van der Waals surface area contributed by atoms with E-state index in [9.17, 15) is 0 Å². The van der Waals surface area contributed by atoms with Crippen LogP contribution in [0.25, 0.3) is 0 Å². The minimum Gasteiger partial charge on any atom is -0.468 e. The second kappa shape index (κ2) is 7.81. The molecule has 0 N–H and O–H groups in total. The molecule has 0 amide bonds. The van der Waals surface area contributed by atoms with Crippen molar-refractivity contribution in [3.8, 4) is 5.75 Å². The SMILES string of the molecule is CCN1CCN(c2ccsc2)C(c2ccc(OCOC)cc2)C1. The molecule has 0 aliphatic carbocycles. The number of rotatable bonds is 6. The Kier molecular flexibility index (Phi) is 5.54. The predicted octanol–water partition coefficient (Wildman–Crippen LogP) is 3.61. The fourth-order valence-corrected chi connectivity index (χ4v) is 3.70. The summed E-state index contributed by atoms with van der Waals surface area (Å²) in [5.41, 5.74) is 2.66. The van der Waals surface area contributed by atoms with Crippen LogP contribution in [0.5, 0.6) is 5.75 Å². The molecule has 2 aromatic rings. The van der Waals surface area contributed by atoms with Crippen LogP contribution >= 0.6 is 11.3 Å². The lowest BCUT2D eigenvalue weighted by Crippen LogP contribution is -2.48. The van der Waals surface area contributed by atoms with Gasteiger partial charge in [-0.2, -0.15) is 11.3 Å². The summed E-state index contributed by atoms with van der Waals surface area (Å²) in [5.74, 6) is 0.848. The number of ether oxygens (including phenoxy) is 2. The zero-order chi connectivity index (χ0) is 16.1. The molecule has 1 atom stereocenters. The van der Waals surface area contributed by atoms with Crippen molar-refractivity contribution in [1.82, 2.24) is 4.90 Å². The number of methoxy groups -OCH3 is 1. The molecule has 1 fully saturated rings. The summed E-state index contributed by atoms with van der Waals surface area (Å²) in [4.78, 5) is 5.04. The molecule has 0 bridgehead atoms. The standard InChI is InChI=1S/C18H24N2O2S/c1-3-19-9-10-20(16-8-11-23-13-16)18(12-19)15-4-6-17(7-5-15)22-14-21-2/h4-8,11,13,18H,3,9-10,12,14H2,1-2H3. The van der Waals surface area contributed by atoms with Crippen molar-refractivity contribution >= 4 is 17.0 Å². The normalized spacial score (nSPS) is 19.0. The molecular formula is C18H24N2O2S. The third-order valence-electron chi connectivity index (χ3n) is 4.36. The average Bonchev–Trinajstić information content (AvgIpc) is 3.14. The first-order valence-electron chi connectivity index (χ1n) is 8.04. The van der Waals surface area contributed by atoms with Crippen molar-refractivity contribution in [2.45, 2.75) is 13.0 Å². The number of benzene rings is 1. The largest absolute Gasteiger partial charge is 0.468 e. The van der Waals surface area contributed by atoms with Gasteiger partial charge in [-0.3, -0.25) is 4.90 Å². The Hall–Kier alpha value is -1.56.